The molecule has 7 nitrogen and oxygen atoms in total. The first-order valence-electron chi connectivity index (χ1n) is 11.4. The summed E-state index contributed by atoms with van der Waals surface area (Å²) in [7, 11) is 0. The van der Waals surface area contributed by atoms with Crippen LogP contribution in [0.4, 0.5) is 4.79 Å². The second-order valence-corrected chi connectivity index (χ2v) is 8.89. The fourth-order valence-corrected chi connectivity index (χ4v) is 4.13. The van der Waals surface area contributed by atoms with Crippen molar-refractivity contribution in [3.8, 4) is 0 Å². The zero-order chi connectivity index (χ0) is 22.3. The van der Waals surface area contributed by atoms with Gasteiger partial charge in [-0.15, -0.1) is 0 Å². The van der Waals surface area contributed by atoms with Crippen LogP contribution in [0.5, 0.6) is 0 Å². The maximum atomic E-state index is 12.2. The van der Waals surface area contributed by atoms with Gasteiger partial charge >= 0.3 is 6.03 Å². The van der Waals surface area contributed by atoms with E-state index in [1.807, 2.05) is 24.5 Å². The number of aromatic nitrogens is 2. The van der Waals surface area contributed by atoms with Crippen molar-refractivity contribution in [1.29, 1.82) is 0 Å². The quantitative estimate of drug-likeness (QED) is 0.570. The highest BCUT2D eigenvalue weighted by Gasteiger charge is 2.21. The molecule has 4 rings (SSSR count). The molecule has 1 aliphatic heterocycles. The maximum Gasteiger partial charge on any atom is 0.315 e. The molecule has 2 heterocycles. The van der Waals surface area contributed by atoms with Crippen molar-refractivity contribution < 1.29 is 9.53 Å². The second kappa shape index (κ2) is 10.6. The second-order valence-electron chi connectivity index (χ2n) is 8.89. The van der Waals surface area contributed by atoms with Crippen LogP contribution < -0.4 is 10.6 Å². The topological polar surface area (TPSA) is 71.4 Å². The summed E-state index contributed by atoms with van der Waals surface area (Å²) < 4.78 is 7.94. The van der Waals surface area contributed by atoms with E-state index < -0.39 is 0 Å². The van der Waals surface area contributed by atoms with Gasteiger partial charge in [-0.25, -0.2) is 9.78 Å². The number of morpholine rings is 1. The molecule has 1 aliphatic rings. The van der Waals surface area contributed by atoms with Gasteiger partial charge < -0.3 is 19.9 Å². The van der Waals surface area contributed by atoms with Crippen molar-refractivity contribution in [3.05, 3.63) is 66.0 Å². The molecule has 1 fully saturated rings. The number of urea groups is 1. The van der Waals surface area contributed by atoms with E-state index >= 15 is 0 Å². The summed E-state index contributed by atoms with van der Waals surface area (Å²) in [5, 5.41) is 5.88. The van der Waals surface area contributed by atoms with Crippen molar-refractivity contribution in [2.45, 2.75) is 33.0 Å². The molecule has 2 N–H and O–H groups in total. The molecule has 0 aliphatic carbocycles. The van der Waals surface area contributed by atoms with E-state index in [9.17, 15) is 4.79 Å². The van der Waals surface area contributed by atoms with Crippen LogP contribution in [0, 0.1) is 5.92 Å². The van der Waals surface area contributed by atoms with Crippen LogP contribution in [-0.2, 0) is 17.8 Å². The lowest BCUT2D eigenvalue weighted by Crippen LogP contribution is -2.49. The van der Waals surface area contributed by atoms with E-state index in [4.69, 9.17) is 4.74 Å². The van der Waals surface area contributed by atoms with Gasteiger partial charge in [0.05, 0.1) is 30.1 Å². The highest BCUT2D eigenvalue weighted by Crippen LogP contribution is 2.14. The number of benzene rings is 2. The zero-order valence-corrected chi connectivity index (χ0v) is 19.0. The molecule has 0 spiro atoms. The molecular weight excluding hydrogens is 402 g/mol. The predicted octanol–water partition coefficient (Wildman–Crippen LogP) is 3.24. The van der Waals surface area contributed by atoms with Crippen LogP contribution in [0.2, 0.25) is 0 Å². The van der Waals surface area contributed by atoms with Gasteiger partial charge in [-0.2, -0.15) is 0 Å². The average molecular weight is 436 g/mol. The highest BCUT2D eigenvalue weighted by molar-refractivity contribution is 5.75. The van der Waals surface area contributed by atoms with Gasteiger partial charge in [0, 0.05) is 39.3 Å². The third-order valence-electron chi connectivity index (χ3n) is 5.69. The molecule has 0 saturated carbocycles. The summed E-state index contributed by atoms with van der Waals surface area (Å²) in [5.41, 5.74) is 4.40. The third kappa shape index (κ3) is 6.08. The van der Waals surface area contributed by atoms with Crippen LogP contribution in [-0.4, -0.2) is 59.4 Å². The Morgan fingerprint density at radius 1 is 1.12 bits per heavy atom. The van der Waals surface area contributed by atoms with Gasteiger partial charge in [-0.3, -0.25) is 4.90 Å². The Morgan fingerprint density at radius 2 is 1.91 bits per heavy atom. The number of amides is 2. The number of hydrogen-bond acceptors (Lipinski definition) is 4. The number of hydrogen-bond donors (Lipinski definition) is 2. The summed E-state index contributed by atoms with van der Waals surface area (Å²) in [6, 6.07) is 16.3. The molecule has 0 bridgehead atoms. The van der Waals surface area contributed by atoms with Crippen molar-refractivity contribution in [2.75, 3.05) is 32.8 Å². The van der Waals surface area contributed by atoms with E-state index in [-0.39, 0.29) is 12.1 Å². The molecule has 1 unspecified atom stereocenters. The molecule has 1 saturated heterocycles. The Labute approximate surface area is 189 Å². The van der Waals surface area contributed by atoms with Gasteiger partial charge in [0.1, 0.15) is 0 Å². The number of nitrogens with one attached hydrogen (secondary N) is 2. The Bertz CT molecular complexity index is 1010. The molecule has 7 heteroatoms. The fraction of sp³-hybridized carbons (Fsp3) is 0.440. The largest absolute Gasteiger partial charge is 0.374 e. The number of fused-ring (bicyclic) bond motifs is 1. The molecule has 2 aromatic carbocycles. The lowest BCUT2D eigenvalue weighted by atomic mass is 10.1. The molecule has 3 aromatic rings. The minimum absolute atomic E-state index is 0.0480. The van der Waals surface area contributed by atoms with Crippen LogP contribution in [0.3, 0.4) is 0 Å². The maximum absolute atomic E-state index is 12.2. The van der Waals surface area contributed by atoms with E-state index in [1.165, 1.54) is 5.56 Å². The molecule has 170 valence electrons. The van der Waals surface area contributed by atoms with Crippen molar-refractivity contribution in [1.82, 2.24) is 25.1 Å². The monoisotopic (exact) mass is 435 g/mol. The summed E-state index contributed by atoms with van der Waals surface area (Å²) in [6.07, 6.45) is 1.93. The first-order chi connectivity index (χ1) is 15.6. The Hall–Kier alpha value is -2.90. The minimum Gasteiger partial charge on any atom is -0.374 e. The van der Waals surface area contributed by atoms with Crippen LogP contribution in [0.15, 0.2) is 54.9 Å². The van der Waals surface area contributed by atoms with Gasteiger partial charge in [-0.05, 0) is 29.2 Å². The van der Waals surface area contributed by atoms with Crippen LogP contribution >= 0.6 is 0 Å². The van der Waals surface area contributed by atoms with Gasteiger partial charge in [-0.1, -0.05) is 50.2 Å². The number of imidazole rings is 1. The SMILES string of the molecule is CC(C)CN1CCOC(CNC(=O)NCc2ccc(Cn3cnc4ccccc43)cc2)C1. The first kappa shape index (κ1) is 22.3. The van der Waals surface area contributed by atoms with Crippen molar-refractivity contribution in [3.63, 3.8) is 0 Å². The normalized spacial score (nSPS) is 17.0. The fourth-order valence-electron chi connectivity index (χ4n) is 4.13. The average Bonchev–Trinajstić information content (AvgIpc) is 3.20. The summed E-state index contributed by atoms with van der Waals surface area (Å²) >= 11 is 0. The number of carbonyl (C=O) groups excluding carboxylic acids is 1. The molecule has 0 radical (unpaired) electrons. The van der Waals surface area contributed by atoms with Gasteiger partial charge in [0.15, 0.2) is 0 Å². The van der Waals surface area contributed by atoms with Crippen molar-refractivity contribution in [2.24, 2.45) is 5.92 Å². The number of para-hydroxylation sites is 2. The van der Waals surface area contributed by atoms with E-state index in [1.54, 1.807) is 0 Å². The molecular formula is C25H33N5O2. The number of rotatable bonds is 8. The lowest BCUT2D eigenvalue weighted by molar-refractivity contribution is -0.0290. The number of ether oxygens (including phenoxy) is 1. The third-order valence-corrected chi connectivity index (χ3v) is 5.69. The Kier molecular flexibility index (Phi) is 7.39. The summed E-state index contributed by atoms with van der Waals surface area (Å²) in [4.78, 5) is 19.1. The van der Waals surface area contributed by atoms with E-state index in [2.05, 4.69) is 69.3 Å². The molecule has 2 amide bonds. The molecule has 1 atom stereocenters. The summed E-state index contributed by atoms with van der Waals surface area (Å²) in [6.45, 7) is 9.86. The highest BCUT2D eigenvalue weighted by atomic mass is 16.5. The smallest absolute Gasteiger partial charge is 0.315 e. The standard InChI is InChI=1S/C25H33N5O2/c1-19(2)15-29-11-12-32-22(17-29)14-27-25(31)26-13-20-7-9-21(10-8-20)16-30-18-28-23-5-3-4-6-24(23)30/h3-10,18-19,22H,11-17H2,1-2H3,(H2,26,27,31). The minimum atomic E-state index is -0.163. The lowest BCUT2D eigenvalue weighted by Gasteiger charge is -2.33. The van der Waals surface area contributed by atoms with Gasteiger partial charge in [0.25, 0.3) is 0 Å². The first-order valence-corrected chi connectivity index (χ1v) is 11.4. The zero-order valence-electron chi connectivity index (χ0n) is 19.0. The number of nitrogens with zero attached hydrogens (tertiary/aromatic N) is 3. The van der Waals surface area contributed by atoms with Crippen molar-refractivity contribution >= 4 is 17.1 Å². The summed E-state index contributed by atoms with van der Waals surface area (Å²) in [5.74, 6) is 0.635. The number of carbonyl (C=O) groups is 1. The Balaban J connectivity index is 1.21. The Morgan fingerprint density at radius 3 is 2.72 bits per heavy atom. The van der Waals surface area contributed by atoms with Crippen LogP contribution in [0.1, 0.15) is 25.0 Å². The van der Waals surface area contributed by atoms with Crippen LogP contribution in [0.25, 0.3) is 11.0 Å². The molecule has 32 heavy (non-hydrogen) atoms. The van der Waals surface area contributed by atoms with Gasteiger partial charge in [0.2, 0.25) is 0 Å². The predicted molar refractivity (Wildman–Crippen MR) is 127 cm³/mol. The van der Waals surface area contributed by atoms with E-state index in [0.717, 1.165) is 49.4 Å². The van der Waals surface area contributed by atoms with E-state index in [0.29, 0.717) is 19.0 Å². The molecule has 1 aromatic heterocycles.